The average molecular weight is 508 g/mol. The highest BCUT2D eigenvalue weighted by Crippen LogP contribution is 2.23. The van der Waals surface area contributed by atoms with Crippen molar-refractivity contribution in [1.82, 2.24) is 0 Å². The minimum atomic E-state index is -0.641. The van der Waals surface area contributed by atoms with Gasteiger partial charge < -0.3 is 20.7 Å². The Morgan fingerprint density at radius 1 is 0.579 bits per heavy atom. The summed E-state index contributed by atoms with van der Waals surface area (Å²) in [5, 5.41) is 8.25. The van der Waals surface area contributed by atoms with E-state index in [2.05, 4.69) is 16.0 Å². The summed E-state index contributed by atoms with van der Waals surface area (Å²) in [6.45, 7) is 1.82. The van der Waals surface area contributed by atoms with Crippen LogP contribution >= 0.6 is 0 Å². The van der Waals surface area contributed by atoms with E-state index in [0.29, 0.717) is 28.1 Å². The number of hydrogen-bond acceptors (Lipinski definition) is 5. The Bertz CT molecular complexity index is 1450. The molecule has 3 N–H and O–H groups in total. The number of esters is 1. The highest BCUT2D eigenvalue weighted by Gasteiger charge is 2.18. The van der Waals surface area contributed by atoms with Gasteiger partial charge >= 0.3 is 5.97 Å². The second kappa shape index (κ2) is 12.1. The molecular weight excluding hydrogens is 482 g/mol. The summed E-state index contributed by atoms with van der Waals surface area (Å²) in [6.07, 6.45) is 0. The quantitative estimate of drug-likeness (QED) is 0.268. The van der Waals surface area contributed by atoms with Gasteiger partial charge in [0.05, 0.1) is 17.9 Å². The van der Waals surface area contributed by atoms with E-state index >= 15 is 0 Å². The molecule has 0 bridgehead atoms. The molecule has 0 saturated carbocycles. The molecule has 0 heterocycles. The van der Waals surface area contributed by atoms with Gasteiger partial charge in [-0.1, -0.05) is 36.4 Å². The summed E-state index contributed by atoms with van der Waals surface area (Å²) < 4.78 is 5.15. The van der Waals surface area contributed by atoms with E-state index in [1.807, 2.05) is 6.07 Å². The number of rotatable bonds is 8. The Hall–Kier alpha value is -5.24. The maximum absolute atomic E-state index is 12.9. The van der Waals surface area contributed by atoms with Crippen LogP contribution in [-0.2, 0) is 4.74 Å². The second-order valence-corrected chi connectivity index (χ2v) is 8.15. The van der Waals surface area contributed by atoms with Crippen LogP contribution in [0, 0.1) is 0 Å². The van der Waals surface area contributed by atoms with Gasteiger partial charge in [-0.25, -0.2) is 4.79 Å². The van der Waals surface area contributed by atoms with Crippen LogP contribution in [-0.4, -0.2) is 30.3 Å². The molecule has 0 unspecified atom stereocenters. The van der Waals surface area contributed by atoms with Crippen LogP contribution < -0.4 is 16.0 Å². The van der Waals surface area contributed by atoms with E-state index < -0.39 is 11.9 Å². The lowest BCUT2D eigenvalue weighted by Gasteiger charge is -2.13. The summed E-state index contributed by atoms with van der Waals surface area (Å²) in [7, 11) is 0. The van der Waals surface area contributed by atoms with Crippen LogP contribution in [0.1, 0.15) is 48.4 Å². The largest absolute Gasteiger partial charge is 0.462 e. The second-order valence-electron chi connectivity index (χ2n) is 8.15. The fourth-order valence-corrected chi connectivity index (χ4v) is 3.59. The Kier molecular flexibility index (Phi) is 8.25. The summed E-state index contributed by atoms with van der Waals surface area (Å²) in [5.41, 5.74) is 2.53. The lowest BCUT2D eigenvalue weighted by atomic mass is 10.1. The van der Waals surface area contributed by atoms with E-state index in [0.717, 1.165) is 0 Å². The van der Waals surface area contributed by atoms with E-state index in [1.54, 1.807) is 91.9 Å². The maximum Gasteiger partial charge on any atom is 0.340 e. The standard InChI is InChI=1S/C30H25N3O5/c1-2-38-30(37)25-19-24(32-28(35)21-11-7-4-8-12-21)17-18-26(25)33-29(36)22-13-15-23(16-14-22)31-27(34)20-9-5-3-6-10-20/h3-19H,2H2,1H3,(H,31,34)(H,32,35)(H,33,36). The Balaban J connectivity index is 1.48. The van der Waals surface area contributed by atoms with E-state index in [4.69, 9.17) is 4.74 Å². The minimum Gasteiger partial charge on any atom is -0.462 e. The number of amides is 3. The molecule has 4 aromatic rings. The number of anilines is 3. The number of ether oxygens (including phenoxy) is 1. The molecule has 0 saturated heterocycles. The van der Waals surface area contributed by atoms with Crippen molar-refractivity contribution >= 4 is 40.8 Å². The van der Waals surface area contributed by atoms with Gasteiger partial charge in [0.15, 0.2) is 0 Å². The number of carbonyl (C=O) groups excluding carboxylic acids is 4. The van der Waals surface area contributed by atoms with Gasteiger partial charge in [0.25, 0.3) is 17.7 Å². The van der Waals surface area contributed by atoms with Crippen molar-refractivity contribution in [2.45, 2.75) is 6.92 Å². The summed E-state index contributed by atoms with van der Waals surface area (Å²) >= 11 is 0. The fraction of sp³-hybridized carbons (Fsp3) is 0.0667. The first-order valence-electron chi connectivity index (χ1n) is 11.9. The van der Waals surface area contributed by atoms with Crippen LogP contribution in [0.3, 0.4) is 0 Å². The van der Waals surface area contributed by atoms with Crippen LogP contribution in [0.2, 0.25) is 0 Å². The van der Waals surface area contributed by atoms with Gasteiger partial charge in [-0.05, 0) is 73.7 Å². The zero-order valence-corrected chi connectivity index (χ0v) is 20.6. The first kappa shape index (κ1) is 25.8. The number of nitrogens with one attached hydrogen (secondary N) is 3. The van der Waals surface area contributed by atoms with E-state index in [1.165, 1.54) is 12.1 Å². The average Bonchev–Trinajstić information content (AvgIpc) is 2.95. The predicted molar refractivity (Wildman–Crippen MR) is 146 cm³/mol. The molecular formula is C30H25N3O5. The molecule has 8 nitrogen and oxygen atoms in total. The molecule has 0 aliphatic heterocycles. The van der Waals surface area contributed by atoms with Crippen molar-refractivity contribution in [3.05, 3.63) is 125 Å². The Labute approximate surface area is 219 Å². The van der Waals surface area contributed by atoms with Gasteiger partial charge in [-0.3, -0.25) is 14.4 Å². The van der Waals surface area contributed by atoms with Crippen molar-refractivity contribution in [3.63, 3.8) is 0 Å². The van der Waals surface area contributed by atoms with Gasteiger partial charge in [-0.2, -0.15) is 0 Å². The third-order valence-electron chi connectivity index (χ3n) is 5.50. The first-order chi connectivity index (χ1) is 18.4. The molecule has 0 radical (unpaired) electrons. The zero-order valence-electron chi connectivity index (χ0n) is 20.6. The van der Waals surface area contributed by atoms with E-state index in [9.17, 15) is 19.2 Å². The highest BCUT2D eigenvalue weighted by atomic mass is 16.5. The molecule has 38 heavy (non-hydrogen) atoms. The molecule has 190 valence electrons. The third-order valence-corrected chi connectivity index (χ3v) is 5.50. The summed E-state index contributed by atoms with van der Waals surface area (Å²) in [6, 6.07) is 28.4. The van der Waals surface area contributed by atoms with Crippen LogP contribution in [0.25, 0.3) is 0 Å². The summed E-state index contributed by atoms with van der Waals surface area (Å²) in [4.78, 5) is 50.4. The van der Waals surface area contributed by atoms with Crippen LogP contribution in [0.4, 0.5) is 17.1 Å². The molecule has 0 spiro atoms. The van der Waals surface area contributed by atoms with Crippen molar-refractivity contribution in [1.29, 1.82) is 0 Å². The normalized spacial score (nSPS) is 10.2. The maximum atomic E-state index is 12.9. The highest BCUT2D eigenvalue weighted by molar-refractivity contribution is 6.10. The van der Waals surface area contributed by atoms with Gasteiger partial charge in [0.2, 0.25) is 0 Å². The van der Waals surface area contributed by atoms with Crippen molar-refractivity contribution < 1.29 is 23.9 Å². The minimum absolute atomic E-state index is 0.0952. The topological polar surface area (TPSA) is 114 Å². The zero-order chi connectivity index (χ0) is 26.9. The molecule has 0 aliphatic carbocycles. The molecule has 8 heteroatoms. The van der Waals surface area contributed by atoms with Gasteiger partial charge in [0.1, 0.15) is 0 Å². The molecule has 4 rings (SSSR count). The van der Waals surface area contributed by atoms with Crippen LogP contribution in [0.15, 0.2) is 103 Å². The third kappa shape index (κ3) is 6.50. The summed E-state index contributed by atoms with van der Waals surface area (Å²) in [5.74, 6) is -1.70. The lowest BCUT2D eigenvalue weighted by molar-refractivity contribution is 0.0527. The molecule has 3 amide bonds. The van der Waals surface area contributed by atoms with Crippen molar-refractivity contribution in [2.75, 3.05) is 22.6 Å². The lowest BCUT2D eigenvalue weighted by Crippen LogP contribution is -2.17. The Morgan fingerprint density at radius 2 is 1.05 bits per heavy atom. The van der Waals surface area contributed by atoms with Crippen molar-refractivity contribution in [3.8, 4) is 0 Å². The fourth-order valence-electron chi connectivity index (χ4n) is 3.59. The van der Waals surface area contributed by atoms with Gasteiger partial charge in [-0.15, -0.1) is 0 Å². The van der Waals surface area contributed by atoms with Crippen LogP contribution in [0.5, 0.6) is 0 Å². The molecule has 0 aliphatic rings. The molecule has 0 fully saturated rings. The number of hydrogen-bond donors (Lipinski definition) is 3. The monoisotopic (exact) mass is 507 g/mol. The number of carbonyl (C=O) groups is 4. The van der Waals surface area contributed by atoms with E-state index in [-0.39, 0.29) is 29.7 Å². The SMILES string of the molecule is CCOC(=O)c1cc(NC(=O)c2ccccc2)ccc1NC(=O)c1ccc(NC(=O)c2ccccc2)cc1. The number of benzene rings is 4. The molecule has 0 aromatic heterocycles. The first-order valence-corrected chi connectivity index (χ1v) is 11.9. The predicted octanol–water partition coefficient (Wildman–Crippen LogP) is 5.62. The molecule has 4 aromatic carbocycles. The van der Waals surface area contributed by atoms with Gasteiger partial charge in [0, 0.05) is 28.1 Å². The van der Waals surface area contributed by atoms with Crippen molar-refractivity contribution in [2.24, 2.45) is 0 Å². The smallest absolute Gasteiger partial charge is 0.340 e. The Morgan fingerprint density at radius 3 is 1.61 bits per heavy atom. The molecule has 0 atom stereocenters.